The molecule has 0 radical (unpaired) electrons. The number of hydrogen-bond donors (Lipinski definition) is 3. The van der Waals surface area contributed by atoms with E-state index in [2.05, 4.69) is 10.6 Å². The molecule has 2 amide bonds. The first-order chi connectivity index (χ1) is 9.58. The summed E-state index contributed by atoms with van der Waals surface area (Å²) in [6.45, 7) is 1.22. The fourth-order valence-electron chi connectivity index (χ4n) is 1.56. The summed E-state index contributed by atoms with van der Waals surface area (Å²) in [6, 6.07) is 1.71. The molecule has 0 fully saturated rings. The number of aromatic carboxylic acids is 1. The average Bonchev–Trinajstić information content (AvgIpc) is 2.24. The Hall–Kier alpha value is -1.96. The highest BCUT2D eigenvalue weighted by molar-refractivity contribution is 6.33. The van der Waals surface area contributed by atoms with E-state index in [1.807, 2.05) is 0 Å². The Balaban J connectivity index is 2.63. The van der Waals surface area contributed by atoms with Crippen LogP contribution in [0.2, 0.25) is 5.02 Å². The molecule has 1 aromatic carbocycles. The normalized spacial score (nSPS) is 12.6. The number of carbonyl (C=O) groups is 2. The van der Waals surface area contributed by atoms with E-state index >= 15 is 0 Å². The molecular formula is C12H12ClF3N2O3. The van der Waals surface area contributed by atoms with Gasteiger partial charge in [0.15, 0.2) is 0 Å². The molecule has 116 valence electrons. The second kappa shape index (κ2) is 6.66. The monoisotopic (exact) mass is 324 g/mol. The van der Waals surface area contributed by atoms with Gasteiger partial charge in [0.05, 0.1) is 17.0 Å². The number of amides is 2. The topological polar surface area (TPSA) is 78.4 Å². The summed E-state index contributed by atoms with van der Waals surface area (Å²) < 4.78 is 36.3. The van der Waals surface area contributed by atoms with Crippen LogP contribution in [0.4, 0.5) is 23.7 Å². The number of rotatable bonds is 4. The Morgan fingerprint density at radius 2 is 2.00 bits per heavy atom. The molecular weight excluding hydrogens is 313 g/mol. The van der Waals surface area contributed by atoms with E-state index < -0.39 is 30.6 Å². The van der Waals surface area contributed by atoms with Gasteiger partial charge in [0.1, 0.15) is 0 Å². The van der Waals surface area contributed by atoms with Crippen molar-refractivity contribution < 1.29 is 27.9 Å². The minimum atomic E-state index is -4.38. The van der Waals surface area contributed by atoms with Crippen LogP contribution in [0.3, 0.4) is 0 Å². The Bertz CT molecular complexity index is 549. The molecule has 3 N–H and O–H groups in total. The van der Waals surface area contributed by atoms with Crippen molar-refractivity contribution in [1.29, 1.82) is 0 Å². The van der Waals surface area contributed by atoms with Gasteiger partial charge in [-0.3, -0.25) is 0 Å². The molecule has 5 nitrogen and oxygen atoms in total. The third-order valence-electron chi connectivity index (χ3n) is 2.37. The SMILES string of the molecule is CC(CC(F)(F)F)NC(=O)Nc1ccc(C(=O)O)c(Cl)c1. The van der Waals surface area contributed by atoms with Gasteiger partial charge in [-0.25, -0.2) is 9.59 Å². The molecule has 0 heterocycles. The smallest absolute Gasteiger partial charge is 0.391 e. The van der Waals surface area contributed by atoms with Crippen LogP contribution in [-0.2, 0) is 0 Å². The number of carboxylic acid groups (broad SMARTS) is 1. The van der Waals surface area contributed by atoms with Crippen LogP contribution in [0.25, 0.3) is 0 Å². The Kier molecular flexibility index (Phi) is 5.42. The van der Waals surface area contributed by atoms with Crippen LogP contribution < -0.4 is 10.6 Å². The lowest BCUT2D eigenvalue weighted by atomic mass is 10.2. The molecule has 1 rings (SSSR count). The lowest BCUT2D eigenvalue weighted by Gasteiger charge is -2.16. The fraction of sp³-hybridized carbons (Fsp3) is 0.333. The van der Waals surface area contributed by atoms with Crippen LogP contribution >= 0.6 is 11.6 Å². The number of anilines is 1. The van der Waals surface area contributed by atoms with Crippen molar-refractivity contribution in [3.63, 3.8) is 0 Å². The Morgan fingerprint density at radius 3 is 2.48 bits per heavy atom. The summed E-state index contributed by atoms with van der Waals surface area (Å²) >= 11 is 5.70. The van der Waals surface area contributed by atoms with Gasteiger partial charge < -0.3 is 15.7 Å². The lowest BCUT2D eigenvalue weighted by Crippen LogP contribution is -2.38. The first kappa shape index (κ1) is 17.1. The van der Waals surface area contributed by atoms with Gasteiger partial charge in [-0.05, 0) is 25.1 Å². The largest absolute Gasteiger partial charge is 0.478 e. The minimum Gasteiger partial charge on any atom is -0.478 e. The lowest BCUT2D eigenvalue weighted by molar-refractivity contribution is -0.138. The molecule has 0 bridgehead atoms. The molecule has 0 aromatic heterocycles. The first-order valence-corrected chi connectivity index (χ1v) is 6.13. The van der Waals surface area contributed by atoms with Crippen LogP contribution in [0.1, 0.15) is 23.7 Å². The predicted octanol–water partition coefficient (Wildman–Crippen LogP) is 3.50. The second-order valence-corrected chi connectivity index (χ2v) is 4.73. The fourth-order valence-corrected chi connectivity index (χ4v) is 1.82. The summed E-state index contributed by atoms with van der Waals surface area (Å²) in [4.78, 5) is 22.2. The van der Waals surface area contributed by atoms with Crippen molar-refractivity contribution in [3.8, 4) is 0 Å². The van der Waals surface area contributed by atoms with Crippen LogP contribution in [0, 0.1) is 0 Å². The quantitative estimate of drug-likeness (QED) is 0.793. The van der Waals surface area contributed by atoms with E-state index in [-0.39, 0.29) is 16.3 Å². The Labute approximate surface area is 123 Å². The third kappa shape index (κ3) is 5.90. The van der Waals surface area contributed by atoms with E-state index in [9.17, 15) is 22.8 Å². The zero-order chi connectivity index (χ0) is 16.2. The van der Waals surface area contributed by atoms with Gasteiger partial charge in [-0.1, -0.05) is 11.6 Å². The van der Waals surface area contributed by atoms with Gasteiger partial charge >= 0.3 is 18.2 Å². The molecule has 0 saturated heterocycles. The van der Waals surface area contributed by atoms with E-state index in [1.165, 1.54) is 25.1 Å². The summed E-state index contributed by atoms with van der Waals surface area (Å²) in [5.74, 6) is -1.23. The van der Waals surface area contributed by atoms with Gasteiger partial charge in [-0.15, -0.1) is 0 Å². The third-order valence-corrected chi connectivity index (χ3v) is 2.69. The average molecular weight is 325 g/mol. The number of alkyl halides is 3. The van der Waals surface area contributed by atoms with Crippen molar-refractivity contribution in [2.75, 3.05) is 5.32 Å². The number of halogens is 4. The summed E-state index contributed by atoms with van der Waals surface area (Å²) in [6.07, 6.45) is -5.53. The van der Waals surface area contributed by atoms with Crippen LogP contribution in [-0.4, -0.2) is 29.3 Å². The van der Waals surface area contributed by atoms with Crippen molar-refractivity contribution >= 4 is 29.3 Å². The van der Waals surface area contributed by atoms with Crippen LogP contribution in [0.5, 0.6) is 0 Å². The molecule has 9 heteroatoms. The number of hydrogen-bond acceptors (Lipinski definition) is 2. The molecule has 0 spiro atoms. The molecule has 0 saturated carbocycles. The Morgan fingerprint density at radius 1 is 1.38 bits per heavy atom. The summed E-state index contributed by atoms with van der Waals surface area (Å²) in [5, 5.41) is 13.1. The standard InChI is InChI=1S/C12H12ClF3N2O3/c1-6(5-12(14,15)16)17-11(21)18-7-2-3-8(10(19)20)9(13)4-7/h2-4,6H,5H2,1H3,(H,19,20)(H2,17,18,21). The highest BCUT2D eigenvalue weighted by Crippen LogP contribution is 2.22. The predicted molar refractivity (Wildman–Crippen MR) is 70.7 cm³/mol. The second-order valence-electron chi connectivity index (χ2n) is 4.32. The summed E-state index contributed by atoms with van der Waals surface area (Å²) in [7, 11) is 0. The number of benzene rings is 1. The molecule has 0 aliphatic rings. The van der Waals surface area contributed by atoms with Gasteiger partial charge in [0.25, 0.3) is 0 Å². The van der Waals surface area contributed by atoms with E-state index in [0.717, 1.165) is 0 Å². The maximum Gasteiger partial charge on any atom is 0.391 e. The van der Waals surface area contributed by atoms with E-state index in [4.69, 9.17) is 16.7 Å². The molecule has 1 unspecified atom stereocenters. The van der Waals surface area contributed by atoms with Gasteiger partial charge in [-0.2, -0.15) is 13.2 Å². The van der Waals surface area contributed by atoms with Crippen molar-refractivity contribution in [1.82, 2.24) is 5.32 Å². The number of carbonyl (C=O) groups excluding carboxylic acids is 1. The molecule has 21 heavy (non-hydrogen) atoms. The zero-order valence-corrected chi connectivity index (χ0v) is 11.5. The number of nitrogens with one attached hydrogen (secondary N) is 2. The van der Waals surface area contributed by atoms with E-state index in [0.29, 0.717) is 0 Å². The summed E-state index contributed by atoms with van der Waals surface area (Å²) in [5.41, 5.74) is 0.0229. The van der Waals surface area contributed by atoms with Gasteiger partial charge in [0.2, 0.25) is 0 Å². The van der Waals surface area contributed by atoms with E-state index in [1.54, 1.807) is 0 Å². The maximum absolute atomic E-state index is 12.1. The van der Waals surface area contributed by atoms with Crippen molar-refractivity contribution in [2.24, 2.45) is 0 Å². The highest BCUT2D eigenvalue weighted by atomic mass is 35.5. The minimum absolute atomic E-state index is 0.0939. The first-order valence-electron chi connectivity index (χ1n) is 5.75. The maximum atomic E-state index is 12.1. The highest BCUT2D eigenvalue weighted by Gasteiger charge is 2.30. The molecule has 0 aliphatic carbocycles. The number of carboxylic acids is 1. The zero-order valence-electron chi connectivity index (χ0n) is 10.8. The van der Waals surface area contributed by atoms with Gasteiger partial charge in [0, 0.05) is 11.7 Å². The molecule has 0 aliphatic heterocycles. The molecule has 1 atom stereocenters. The number of urea groups is 1. The van der Waals surface area contributed by atoms with Crippen molar-refractivity contribution in [2.45, 2.75) is 25.6 Å². The van der Waals surface area contributed by atoms with Crippen molar-refractivity contribution in [3.05, 3.63) is 28.8 Å². The molecule has 1 aromatic rings. The van der Waals surface area contributed by atoms with Crippen LogP contribution in [0.15, 0.2) is 18.2 Å².